The Morgan fingerprint density at radius 1 is 1.30 bits per heavy atom. The van der Waals surface area contributed by atoms with Gasteiger partial charge in [0.1, 0.15) is 6.10 Å². The Bertz CT molecular complexity index is 606. The monoisotopic (exact) mass is 320 g/mol. The lowest BCUT2D eigenvalue weighted by Crippen LogP contribution is -2.50. The SMILES string of the molecule is O=C(c1ccnc(OC2CCC2)c1)N1CCC(O)(C(=O)O)CC1. The fourth-order valence-corrected chi connectivity index (χ4v) is 2.74. The van der Waals surface area contributed by atoms with Crippen molar-refractivity contribution in [3.05, 3.63) is 23.9 Å². The van der Waals surface area contributed by atoms with Gasteiger partial charge in [-0.1, -0.05) is 0 Å². The first kappa shape index (κ1) is 15.7. The van der Waals surface area contributed by atoms with Crippen molar-refractivity contribution in [2.24, 2.45) is 0 Å². The second-order valence-electron chi connectivity index (χ2n) is 6.18. The summed E-state index contributed by atoms with van der Waals surface area (Å²) in [6, 6.07) is 3.24. The van der Waals surface area contributed by atoms with Crippen LogP contribution in [0.15, 0.2) is 18.3 Å². The molecule has 1 saturated heterocycles. The maximum Gasteiger partial charge on any atom is 0.335 e. The summed E-state index contributed by atoms with van der Waals surface area (Å²) in [5, 5.41) is 18.9. The number of hydrogen-bond acceptors (Lipinski definition) is 5. The zero-order valence-corrected chi connectivity index (χ0v) is 12.8. The lowest BCUT2D eigenvalue weighted by molar-refractivity contribution is -0.162. The van der Waals surface area contributed by atoms with Gasteiger partial charge in [-0.3, -0.25) is 4.79 Å². The first-order valence-electron chi connectivity index (χ1n) is 7.86. The van der Waals surface area contributed by atoms with Gasteiger partial charge in [-0.15, -0.1) is 0 Å². The van der Waals surface area contributed by atoms with Gasteiger partial charge in [-0.05, 0) is 25.3 Å². The summed E-state index contributed by atoms with van der Waals surface area (Å²) in [5.41, 5.74) is -1.26. The Hall–Kier alpha value is -2.15. The van der Waals surface area contributed by atoms with Gasteiger partial charge in [0, 0.05) is 43.8 Å². The van der Waals surface area contributed by atoms with Crippen LogP contribution in [0.5, 0.6) is 5.88 Å². The highest BCUT2D eigenvalue weighted by atomic mass is 16.5. The molecule has 1 aliphatic heterocycles. The number of carboxylic acids is 1. The zero-order chi connectivity index (χ0) is 16.4. The fourth-order valence-electron chi connectivity index (χ4n) is 2.74. The van der Waals surface area contributed by atoms with Gasteiger partial charge in [0.05, 0.1) is 0 Å². The van der Waals surface area contributed by atoms with Crippen molar-refractivity contribution in [1.82, 2.24) is 9.88 Å². The number of aliphatic hydroxyl groups is 1. The lowest BCUT2D eigenvalue weighted by atomic mass is 9.91. The molecular weight excluding hydrogens is 300 g/mol. The van der Waals surface area contributed by atoms with Crippen molar-refractivity contribution in [2.45, 2.75) is 43.8 Å². The second kappa shape index (κ2) is 6.16. The summed E-state index contributed by atoms with van der Waals surface area (Å²) in [6.45, 7) is 0.422. The number of hydrogen-bond donors (Lipinski definition) is 2. The predicted molar refractivity (Wildman–Crippen MR) is 80.2 cm³/mol. The van der Waals surface area contributed by atoms with Gasteiger partial charge in [0.25, 0.3) is 5.91 Å². The number of piperidine rings is 1. The summed E-state index contributed by atoms with van der Waals surface area (Å²) >= 11 is 0. The van der Waals surface area contributed by atoms with Crippen molar-refractivity contribution in [3.8, 4) is 5.88 Å². The first-order chi connectivity index (χ1) is 11.0. The van der Waals surface area contributed by atoms with Crippen molar-refractivity contribution >= 4 is 11.9 Å². The van der Waals surface area contributed by atoms with Gasteiger partial charge >= 0.3 is 5.97 Å². The molecule has 0 radical (unpaired) electrons. The molecule has 2 aliphatic rings. The Labute approximate surface area is 133 Å². The number of pyridine rings is 1. The maximum absolute atomic E-state index is 12.5. The third-order valence-electron chi connectivity index (χ3n) is 4.60. The zero-order valence-electron chi connectivity index (χ0n) is 12.8. The Morgan fingerprint density at radius 3 is 2.57 bits per heavy atom. The van der Waals surface area contributed by atoms with E-state index < -0.39 is 11.6 Å². The average Bonchev–Trinajstić information content (AvgIpc) is 2.51. The van der Waals surface area contributed by atoms with Crippen LogP contribution in [0.2, 0.25) is 0 Å². The molecule has 7 heteroatoms. The third-order valence-corrected chi connectivity index (χ3v) is 4.60. The minimum absolute atomic E-state index is 0.0323. The molecule has 2 N–H and O–H groups in total. The van der Waals surface area contributed by atoms with E-state index in [2.05, 4.69) is 4.98 Å². The van der Waals surface area contributed by atoms with Gasteiger partial charge in [0.15, 0.2) is 5.60 Å². The number of aromatic nitrogens is 1. The number of amides is 1. The normalized spacial score (nSPS) is 20.7. The Kier molecular flexibility index (Phi) is 4.21. The lowest BCUT2D eigenvalue weighted by Gasteiger charge is -2.35. The highest BCUT2D eigenvalue weighted by Gasteiger charge is 2.40. The molecule has 7 nitrogen and oxygen atoms in total. The molecule has 0 bridgehead atoms. The van der Waals surface area contributed by atoms with Crippen molar-refractivity contribution in [1.29, 1.82) is 0 Å². The second-order valence-corrected chi connectivity index (χ2v) is 6.18. The molecule has 1 amide bonds. The summed E-state index contributed by atoms with van der Waals surface area (Å²) in [4.78, 5) is 29.2. The van der Waals surface area contributed by atoms with E-state index in [9.17, 15) is 14.7 Å². The molecule has 124 valence electrons. The van der Waals surface area contributed by atoms with Gasteiger partial charge in [-0.25, -0.2) is 9.78 Å². The minimum Gasteiger partial charge on any atom is -0.479 e. The van der Waals surface area contributed by atoms with Crippen LogP contribution >= 0.6 is 0 Å². The quantitative estimate of drug-likeness (QED) is 0.860. The standard InChI is InChI=1S/C16H20N2O5/c19-14(18-8-5-16(22,6-9-18)15(20)21)11-4-7-17-13(10-11)23-12-2-1-3-12/h4,7,10,12,22H,1-3,5-6,8-9H2,(H,20,21). The summed E-state index contributed by atoms with van der Waals surface area (Å²) < 4.78 is 5.69. The third kappa shape index (κ3) is 3.29. The van der Waals surface area contributed by atoms with Crippen LogP contribution < -0.4 is 4.74 Å². The molecule has 0 unspecified atom stereocenters. The van der Waals surface area contributed by atoms with Crippen molar-refractivity contribution in [3.63, 3.8) is 0 Å². The van der Waals surface area contributed by atoms with Crippen LogP contribution in [0.4, 0.5) is 0 Å². The highest BCUT2D eigenvalue weighted by Crippen LogP contribution is 2.26. The van der Waals surface area contributed by atoms with Crippen LogP contribution in [0.25, 0.3) is 0 Å². The highest BCUT2D eigenvalue weighted by molar-refractivity contribution is 5.94. The molecule has 2 heterocycles. The molecule has 1 aromatic rings. The number of carbonyl (C=O) groups excluding carboxylic acids is 1. The van der Waals surface area contributed by atoms with E-state index in [1.54, 1.807) is 23.2 Å². The summed E-state index contributed by atoms with van der Waals surface area (Å²) in [5.74, 6) is -0.984. The average molecular weight is 320 g/mol. The molecule has 0 spiro atoms. The predicted octanol–water partition coefficient (Wildman–Crippen LogP) is 1.06. The molecule has 23 heavy (non-hydrogen) atoms. The first-order valence-corrected chi connectivity index (χ1v) is 7.86. The van der Waals surface area contributed by atoms with Gasteiger partial charge in [0.2, 0.25) is 5.88 Å². The molecule has 3 rings (SSSR count). The van der Waals surface area contributed by atoms with Crippen LogP contribution in [0.3, 0.4) is 0 Å². The summed E-state index contributed by atoms with van der Waals surface area (Å²) in [7, 11) is 0. The van der Waals surface area contributed by atoms with E-state index in [4.69, 9.17) is 9.84 Å². The Balaban J connectivity index is 1.64. The number of ether oxygens (including phenoxy) is 1. The number of likely N-dealkylation sites (tertiary alicyclic amines) is 1. The van der Waals surface area contributed by atoms with Crippen molar-refractivity contribution < 1.29 is 24.5 Å². The summed E-state index contributed by atoms with van der Waals surface area (Å²) in [6.07, 6.45) is 4.98. The number of carboxylic acid groups (broad SMARTS) is 1. The number of rotatable bonds is 4. The molecule has 1 aromatic heterocycles. The number of aliphatic carboxylic acids is 1. The molecule has 1 saturated carbocycles. The van der Waals surface area contributed by atoms with E-state index in [-0.39, 0.29) is 37.9 Å². The van der Waals surface area contributed by atoms with Crippen LogP contribution in [0, 0.1) is 0 Å². The number of nitrogens with zero attached hydrogens (tertiary/aromatic N) is 2. The van der Waals surface area contributed by atoms with E-state index in [1.165, 1.54) is 0 Å². The molecular formula is C16H20N2O5. The molecule has 0 atom stereocenters. The largest absolute Gasteiger partial charge is 0.479 e. The smallest absolute Gasteiger partial charge is 0.335 e. The maximum atomic E-state index is 12.5. The molecule has 0 aromatic carbocycles. The molecule has 1 aliphatic carbocycles. The van der Waals surface area contributed by atoms with Gasteiger partial charge in [-0.2, -0.15) is 0 Å². The van der Waals surface area contributed by atoms with E-state index >= 15 is 0 Å². The topological polar surface area (TPSA) is 100.0 Å². The van der Waals surface area contributed by atoms with Gasteiger partial charge < -0.3 is 19.8 Å². The van der Waals surface area contributed by atoms with Crippen LogP contribution in [0.1, 0.15) is 42.5 Å². The van der Waals surface area contributed by atoms with E-state index in [1.807, 2.05) is 0 Å². The number of carbonyl (C=O) groups is 2. The van der Waals surface area contributed by atoms with Crippen molar-refractivity contribution in [2.75, 3.05) is 13.1 Å². The van der Waals surface area contributed by atoms with Crippen LogP contribution in [-0.2, 0) is 4.79 Å². The minimum atomic E-state index is -1.73. The van der Waals surface area contributed by atoms with Crippen LogP contribution in [-0.4, -0.2) is 56.8 Å². The Morgan fingerprint density at radius 2 is 2.00 bits per heavy atom. The fraction of sp³-hybridized carbons (Fsp3) is 0.562. The van der Waals surface area contributed by atoms with E-state index in [0.29, 0.717) is 11.4 Å². The van der Waals surface area contributed by atoms with E-state index in [0.717, 1.165) is 19.3 Å². The molecule has 2 fully saturated rings.